The minimum atomic E-state index is -0.101. The summed E-state index contributed by atoms with van der Waals surface area (Å²) in [6.45, 7) is 0.730. The van der Waals surface area contributed by atoms with Crippen molar-refractivity contribution >= 4 is 0 Å². The van der Waals surface area contributed by atoms with E-state index in [1.54, 1.807) is 0 Å². The molecule has 0 aromatic rings. The number of aliphatic hydroxyl groups is 1. The largest absolute Gasteiger partial charge is 0.393 e. The number of aliphatic hydroxyl groups excluding tert-OH is 1. The first kappa shape index (κ1) is 6.37. The first-order valence-electron chi connectivity index (χ1n) is 3.13. The van der Waals surface area contributed by atoms with Crippen molar-refractivity contribution in [1.29, 1.82) is 5.26 Å². The molecule has 0 bridgehead atoms. The molecule has 0 atom stereocenters. The lowest BCUT2D eigenvalue weighted by atomic mass is 9.82. The highest BCUT2D eigenvalue weighted by atomic mass is 16.3. The summed E-state index contributed by atoms with van der Waals surface area (Å²) in [6, 6.07) is 0. The molecule has 0 aromatic heterocycles. The Morgan fingerprint density at radius 3 is 2.78 bits per heavy atom. The average Bonchev–Trinajstić information content (AvgIpc) is 1.78. The van der Waals surface area contributed by atoms with Gasteiger partial charge < -0.3 is 10.4 Å². The van der Waals surface area contributed by atoms with E-state index >= 15 is 0 Å². The van der Waals surface area contributed by atoms with Crippen LogP contribution >= 0.6 is 0 Å². The van der Waals surface area contributed by atoms with Crippen LogP contribution in [0.25, 0.3) is 0 Å². The fourth-order valence-electron chi connectivity index (χ4n) is 1.06. The van der Waals surface area contributed by atoms with Gasteiger partial charge in [0.15, 0.2) is 6.19 Å². The predicted molar refractivity (Wildman–Crippen MR) is 32.3 cm³/mol. The van der Waals surface area contributed by atoms with Gasteiger partial charge in [0.2, 0.25) is 0 Å². The molecule has 2 N–H and O–H groups in total. The van der Waals surface area contributed by atoms with Crippen molar-refractivity contribution in [2.24, 2.45) is 5.92 Å². The van der Waals surface area contributed by atoms with Gasteiger partial charge in [-0.1, -0.05) is 0 Å². The van der Waals surface area contributed by atoms with Crippen molar-refractivity contribution in [1.82, 2.24) is 5.32 Å². The Kier molecular flexibility index (Phi) is 1.91. The summed E-state index contributed by atoms with van der Waals surface area (Å²) >= 11 is 0. The van der Waals surface area contributed by atoms with Crippen LogP contribution < -0.4 is 5.32 Å². The number of hydrogen-bond acceptors (Lipinski definition) is 3. The van der Waals surface area contributed by atoms with Crippen LogP contribution in [-0.4, -0.2) is 17.8 Å². The molecule has 9 heavy (non-hydrogen) atoms. The Labute approximate surface area is 54.3 Å². The average molecular weight is 126 g/mol. The first-order valence-corrected chi connectivity index (χ1v) is 3.13. The first-order chi connectivity index (χ1) is 4.33. The summed E-state index contributed by atoms with van der Waals surface area (Å²) in [5.41, 5.74) is 0. The van der Waals surface area contributed by atoms with E-state index in [9.17, 15) is 0 Å². The molecule has 0 radical (unpaired) electrons. The zero-order chi connectivity index (χ0) is 6.69. The normalized spacial score (nSPS) is 32.4. The summed E-state index contributed by atoms with van der Waals surface area (Å²) in [7, 11) is 0. The number of nitrogens with zero attached hydrogens (tertiary/aromatic N) is 1. The van der Waals surface area contributed by atoms with Crippen molar-refractivity contribution in [2.45, 2.75) is 18.9 Å². The number of nitrogens with one attached hydrogen (secondary N) is 1. The molecule has 50 valence electrons. The fraction of sp³-hybridized carbons (Fsp3) is 0.833. The summed E-state index contributed by atoms with van der Waals surface area (Å²) in [4.78, 5) is 0. The monoisotopic (exact) mass is 126 g/mol. The van der Waals surface area contributed by atoms with Crippen molar-refractivity contribution in [3.05, 3.63) is 0 Å². The molecule has 1 rings (SSSR count). The van der Waals surface area contributed by atoms with Crippen LogP contribution in [0.4, 0.5) is 0 Å². The Hall–Kier alpha value is -0.750. The highest BCUT2D eigenvalue weighted by Crippen LogP contribution is 2.25. The molecule has 0 spiro atoms. The van der Waals surface area contributed by atoms with E-state index in [0.717, 1.165) is 19.4 Å². The molecule has 3 nitrogen and oxygen atoms in total. The topological polar surface area (TPSA) is 56.0 Å². The molecule has 0 aromatic carbocycles. The van der Waals surface area contributed by atoms with Crippen LogP contribution in [0.3, 0.4) is 0 Å². The SMILES string of the molecule is N#CNCC1CC(O)C1. The van der Waals surface area contributed by atoms with Crippen molar-refractivity contribution in [3.8, 4) is 6.19 Å². The smallest absolute Gasteiger partial charge is 0.176 e. The molecule has 0 amide bonds. The summed E-state index contributed by atoms with van der Waals surface area (Å²) in [5.74, 6) is 0.527. The molecule has 0 aliphatic heterocycles. The van der Waals surface area contributed by atoms with Gasteiger partial charge in [-0.3, -0.25) is 0 Å². The van der Waals surface area contributed by atoms with Gasteiger partial charge in [-0.2, -0.15) is 5.26 Å². The van der Waals surface area contributed by atoms with Gasteiger partial charge in [0.1, 0.15) is 0 Å². The van der Waals surface area contributed by atoms with E-state index < -0.39 is 0 Å². The Morgan fingerprint density at radius 1 is 1.67 bits per heavy atom. The second kappa shape index (κ2) is 2.70. The van der Waals surface area contributed by atoms with Crippen molar-refractivity contribution in [3.63, 3.8) is 0 Å². The number of rotatable bonds is 2. The number of hydrogen-bond donors (Lipinski definition) is 2. The quantitative estimate of drug-likeness (QED) is 0.399. The molecule has 1 fully saturated rings. The minimum absolute atomic E-state index is 0.101. The van der Waals surface area contributed by atoms with E-state index in [-0.39, 0.29) is 6.10 Å². The van der Waals surface area contributed by atoms with E-state index in [2.05, 4.69) is 5.32 Å². The van der Waals surface area contributed by atoms with Gasteiger partial charge >= 0.3 is 0 Å². The van der Waals surface area contributed by atoms with Crippen LogP contribution in [0, 0.1) is 17.4 Å². The highest BCUT2D eigenvalue weighted by Gasteiger charge is 2.26. The molecular formula is C6H10N2O. The highest BCUT2D eigenvalue weighted by molar-refractivity contribution is 4.82. The minimum Gasteiger partial charge on any atom is -0.393 e. The summed E-state index contributed by atoms with van der Waals surface area (Å²) in [6.07, 6.45) is 3.46. The van der Waals surface area contributed by atoms with Gasteiger partial charge in [0.25, 0.3) is 0 Å². The second-order valence-corrected chi connectivity index (χ2v) is 2.48. The molecule has 3 heteroatoms. The molecule has 1 aliphatic rings. The molecule has 0 unspecified atom stereocenters. The zero-order valence-corrected chi connectivity index (χ0v) is 5.17. The maximum Gasteiger partial charge on any atom is 0.176 e. The van der Waals surface area contributed by atoms with Crippen molar-refractivity contribution in [2.75, 3.05) is 6.54 Å². The third-order valence-electron chi connectivity index (χ3n) is 1.68. The van der Waals surface area contributed by atoms with E-state index in [4.69, 9.17) is 10.4 Å². The molecule has 0 heterocycles. The Balaban J connectivity index is 1.99. The van der Waals surface area contributed by atoms with Crippen LogP contribution in [0.15, 0.2) is 0 Å². The van der Waals surface area contributed by atoms with Gasteiger partial charge in [-0.05, 0) is 18.8 Å². The van der Waals surface area contributed by atoms with E-state index in [0.29, 0.717) is 5.92 Å². The zero-order valence-electron chi connectivity index (χ0n) is 5.17. The van der Waals surface area contributed by atoms with Gasteiger partial charge in [0.05, 0.1) is 6.10 Å². The maximum absolute atomic E-state index is 8.81. The molecule has 0 saturated heterocycles. The van der Waals surface area contributed by atoms with Crippen LogP contribution in [0.1, 0.15) is 12.8 Å². The Bertz CT molecular complexity index is 124. The summed E-state index contributed by atoms with van der Waals surface area (Å²) in [5, 5.41) is 19.4. The third kappa shape index (κ3) is 1.58. The lowest BCUT2D eigenvalue weighted by Gasteiger charge is -2.30. The third-order valence-corrected chi connectivity index (χ3v) is 1.68. The number of nitriles is 1. The Morgan fingerprint density at radius 2 is 2.33 bits per heavy atom. The standard InChI is InChI=1S/C6H10N2O/c7-4-8-3-5-1-6(9)2-5/h5-6,8-9H,1-3H2. The van der Waals surface area contributed by atoms with E-state index in [1.807, 2.05) is 6.19 Å². The lowest BCUT2D eigenvalue weighted by molar-refractivity contribution is 0.0447. The molecule has 1 aliphatic carbocycles. The maximum atomic E-state index is 8.81. The van der Waals surface area contributed by atoms with Crippen LogP contribution in [0.5, 0.6) is 0 Å². The van der Waals surface area contributed by atoms with Gasteiger partial charge in [-0.15, -0.1) is 0 Å². The van der Waals surface area contributed by atoms with Gasteiger partial charge in [0, 0.05) is 6.54 Å². The fourth-order valence-corrected chi connectivity index (χ4v) is 1.06. The second-order valence-electron chi connectivity index (χ2n) is 2.48. The lowest BCUT2D eigenvalue weighted by Crippen LogP contribution is -2.34. The van der Waals surface area contributed by atoms with E-state index in [1.165, 1.54) is 0 Å². The molecule has 1 saturated carbocycles. The van der Waals surface area contributed by atoms with Crippen LogP contribution in [0.2, 0.25) is 0 Å². The van der Waals surface area contributed by atoms with Gasteiger partial charge in [-0.25, -0.2) is 0 Å². The van der Waals surface area contributed by atoms with Crippen molar-refractivity contribution < 1.29 is 5.11 Å². The summed E-state index contributed by atoms with van der Waals surface area (Å²) < 4.78 is 0. The predicted octanol–water partition coefficient (Wildman–Crippen LogP) is -0.172. The molecular weight excluding hydrogens is 116 g/mol. The van der Waals surface area contributed by atoms with Crippen LogP contribution in [-0.2, 0) is 0 Å².